The molecule has 4 heterocycles. The van der Waals surface area contributed by atoms with Gasteiger partial charge in [0.05, 0.1) is 24.3 Å². The summed E-state index contributed by atoms with van der Waals surface area (Å²) in [6.07, 6.45) is 5.31. The molecule has 10 aromatic rings. The number of halogens is 3. The highest BCUT2D eigenvalue weighted by atomic mass is 80.9. The zero-order valence-electron chi connectivity index (χ0n) is 53.6. The van der Waals surface area contributed by atoms with Crippen LogP contribution < -0.4 is 9.47 Å². The van der Waals surface area contributed by atoms with Gasteiger partial charge in [-0.1, -0.05) is 102 Å². The first-order valence-electron chi connectivity index (χ1n) is 32.1. The fraction of sp³-hybridized carbons (Fsp3) is 0.351. The van der Waals surface area contributed by atoms with Crippen LogP contribution in [0.25, 0.3) is 86.2 Å². The molecule has 0 bridgehead atoms. The molecule has 14 rings (SSSR count). The van der Waals surface area contributed by atoms with Crippen LogP contribution in [0.2, 0.25) is 0 Å². The third-order valence-corrected chi connectivity index (χ3v) is 20.5. The van der Waals surface area contributed by atoms with Gasteiger partial charge in [0, 0.05) is 158 Å². The lowest BCUT2D eigenvalue weighted by atomic mass is 9.81. The van der Waals surface area contributed by atoms with Gasteiger partial charge in [-0.05, 0) is 132 Å². The van der Waals surface area contributed by atoms with E-state index >= 15 is 0 Å². The van der Waals surface area contributed by atoms with Crippen LogP contribution in [0.15, 0.2) is 83.3 Å². The van der Waals surface area contributed by atoms with E-state index in [0.29, 0.717) is 147 Å². The second-order valence-corrected chi connectivity index (χ2v) is 25.0. The van der Waals surface area contributed by atoms with Gasteiger partial charge in [-0.2, -0.15) is 0 Å². The molecule has 0 spiro atoms. The topological polar surface area (TPSA) is 186 Å². The summed E-state index contributed by atoms with van der Waals surface area (Å²) in [5.74, 6) is -1.43. The normalized spacial score (nSPS) is 14.7. The summed E-state index contributed by atoms with van der Waals surface area (Å²) in [5.41, 5.74) is 3.77. The first-order valence-corrected chi connectivity index (χ1v) is 36.6. The monoisotopic (exact) mass is 1440 g/mol. The van der Waals surface area contributed by atoms with Crippen molar-refractivity contribution in [1.29, 1.82) is 0 Å². The van der Waals surface area contributed by atoms with Crippen LogP contribution in [0, 0.1) is 0 Å². The molecule has 10 aromatic carbocycles. The molecule has 0 saturated heterocycles. The van der Waals surface area contributed by atoms with E-state index in [-0.39, 0.29) is 84.6 Å². The predicted molar refractivity (Wildman–Crippen MR) is 375 cm³/mol. The van der Waals surface area contributed by atoms with Gasteiger partial charge in [-0.15, -0.1) is 0 Å². The second-order valence-electron chi connectivity index (χ2n) is 24.2. The van der Waals surface area contributed by atoms with Crippen molar-refractivity contribution in [3.8, 4) is 11.5 Å². The van der Waals surface area contributed by atoms with E-state index in [1.165, 1.54) is 19.6 Å². The molecular weight excluding hydrogens is 1380 g/mol. The standard InChI is InChI=1S/C37H35BrN2O6.C37H36N2O6.Br2/c1-6-18(7-2)39-34(41)22-13-11-21-31-27(46-15-14-45-5)17-25-29-23(35(42)40(37(25)44)19(8-3)9-4)12-10-20(33(29)31)30-26(38)16-24(36(39)43)28(22)32(21)30;1-6-19(7-2)38-34(40)24-13-10-21-22-11-14-26-31-27(37(43)39(36(26)42)20(8-3)9-4)18-28(45-17-16-44-5)32(33(22)31)23-12-15-25(35(38)41)30(24)29(21)23;1-2/h10-13,16-19H,6-9,14-15H2,1-5H3;10-15,18-20H,6-9,16-17H2,1-5H3;. The number of ether oxygens (including phenoxy) is 4. The molecule has 0 aliphatic carbocycles. The van der Waals surface area contributed by atoms with Gasteiger partial charge in [0.1, 0.15) is 24.7 Å². The Balaban J connectivity index is 0.000000174. The fourth-order valence-electron chi connectivity index (χ4n) is 15.4. The molecule has 0 radical (unpaired) electrons. The number of hydrogen-bond donors (Lipinski definition) is 0. The van der Waals surface area contributed by atoms with Crippen LogP contribution >= 0.6 is 44.2 Å². The van der Waals surface area contributed by atoms with Crippen molar-refractivity contribution in [3.05, 3.63) is 128 Å². The largest absolute Gasteiger partial charge is 0.490 e. The summed E-state index contributed by atoms with van der Waals surface area (Å²) in [6.45, 7) is 17.1. The third kappa shape index (κ3) is 9.65. The van der Waals surface area contributed by atoms with Crippen LogP contribution in [0.5, 0.6) is 11.5 Å². The Kier molecular flexibility index (Phi) is 18.2. The maximum Gasteiger partial charge on any atom is 0.261 e. The lowest BCUT2D eigenvalue weighted by Crippen LogP contribution is -2.46. The Bertz CT molecular complexity index is 4800. The van der Waals surface area contributed by atoms with Gasteiger partial charge in [-0.25, -0.2) is 0 Å². The van der Waals surface area contributed by atoms with Crippen LogP contribution in [0.3, 0.4) is 0 Å². The first-order chi connectivity index (χ1) is 45.0. The number of hydrogen-bond acceptors (Lipinski definition) is 12. The van der Waals surface area contributed by atoms with E-state index in [4.69, 9.17) is 18.9 Å². The smallest absolute Gasteiger partial charge is 0.261 e. The highest BCUT2D eigenvalue weighted by molar-refractivity contribution is 9.93. The fourth-order valence-corrected chi connectivity index (χ4v) is 16.1. The quantitative estimate of drug-likeness (QED) is 0.0305. The minimum absolute atomic E-state index is 0.187. The van der Waals surface area contributed by atoms with Gasteiger partial charge in [0.2, 0.25) is 0 Å². The van der Waals surface area contributed by atoms with E-state index in [0.717, 1.165) is 64.6 Å². The Morgan fingerprint density at radius 1 is 0.301 bits per heavy atom. The lowest BCUT2D eigenvalue weighted by Gasteiger charge is -2.35. The molecule has 8 amide bonds. The third-order valence-electron chi connectivity index (χ3n) is 19.9. The number of fused-ring (bicyclic) bond motifs is 4. The van der Waals surface area contributed by atoms with Gasteiger partial charge in [0.25, 0.3) is 47.3 Å². The molecule has 0 atom stereocenters. The van der Waals surface area contributed by atoms with Gasteiger partial charge >= 0.3 is 0 Å². The average molecular weight is 1450 g/mol. The molecule has 19 heteroatoms. The van der Waals surface area contributed by atoms with Crippen LogP contribution in [-0.4, -0.2) is 132 Å². The van der Waals surface area contributed by atoms with Crippen molar-refractivity contribution in [2.24, 2.45) is 0 Å². The number of carbonyl (C=O) groups is 8. The molecule has 0 aromatic heterocycles. The molecule has 480 valence electrons. The van der Waals surface area contributed by atoms with Crippen LogP contribution in [0.4, 0.5) is 0 Å². The summed E-state index contributed by atoms with van der Waals surface area (Å²) in [4.78, 5) is 118. The van der Waals surface area contributed by atoms with E-state index in [1.807, 2.05) is 104 Å². The SMILES string of the molecule is BrBr.CCC(CC)N1C(=O)c2ccc3c4c(OCCOC)cc5c6c(ccc(c7c(Br)cc(c2c37)C1=O)c64)C(=O)N(C(CC)CC)C5=O.CCC(CC)N1C(=O)c2ccc3c4ccc5c6c(cc(OCCOC)c(c7ccc(c2c37)C1=O)c64)C(=O)N(C(CC)CC)C5=O. The molecule has 4 aliphatic rings. The zero-order valence-corrected chi connectivity index (χ0v) is 58.4. The van der Waals surface area contributed by atoms with Crippen LogP contribution in [-0.2, 0) is 9.47 Å². The summed E-state index contributed by atoms with van der Waals surface area (Å²) in [6, 6.07) is 23.1. The Hall–Kier alpha value is -7.68. The summed E-state index contributed by atoms with van der Waals surface area (Å²) in [5, 5.41) is 11.9. The van der Waals surface area contributed by atoms with Crippen molar-refractivity contribution in [2.75, 3.05) is 40.6 Å². The predicted octanol–water partition coefficient (Wildman–Crippen LogP) is 17.1. The number of carbonyl (C=O) groups excluding carboxylic acids is 8. The van der Waals surface area contributed by atoms with Crippen molar-refractivity contribution >= 4 is 178 Å². The highest BCUT2D eigenvalue weighted by Crippen LogP contribution is 2.53. The number of imide groups is 4. The Morgan fingerprint density at radius 2 is 0.548 bits per heavy atom. The van der Waals surface area contributed by atoms with Crippen molar-refractivity contribution in [1.82, 2.24) is 19.6 Å². The van der Waals surface area contributed by atoms with E-state index in [2.05, 4.69) is 44.2 Å². The number of nitrogens with zero attached hydrogens (tertiary/aromatic N) is 4. The van der Waals surface area contributed by atoms with Crippen LogP contribution in [0.1, 0.15) is 190 Å². The minimum atomic E-state index is -0.334. The molecule has 93 heavy (non-hydrogen) atoms. The maximum absolute atomic E-state index is 14.2. The molecule has 0 unspecified atom stereocenters. The van der Waals surface area contributed by atoms with E-state index in [9.17, 15) is 38.4 Å². The molecule has 0 saturated carbocycles. The summed E-state index contributed by atoms with van der Waals surface area (Å²) >= 11 is 9.30. The van der Waals surface area contributed by atoms with E-state index < -0.39 is 0 Å². The number of methoxy groups -OCH3 is 2. The molecule has 16 nitrogen and oxygen atoms in total. The van der Waals surface area contributed by atoms with E-state index in [1.54, 1.807) is 44.6 Å². The number of rotatable bonds is 20. The zero-order chi connectivity index (χ0) is 66.3. The van der Waals surface area contributed by atoms with Crippen molar-refractivity contribution < 1.29 is 57.3 Å². The number of benzene rings is 10. The summed E-state index contributed by atoms with van der Waals surface area (Å²) < 4.78 is 24.0. The summed E-state index contributed by atoms with van der Waals surface area (Å²) in [7, 11) is 3.20. The Labute approximate surface area is 561 Å². The van der Waals surface area contributed by atoms with Crippen molar-refractivity contribution in [2.45, 2.75) is 131 Å². The first kappa shape index (κ1) is 65.4. The molecule has 0 fully saturated rings. The van der Waals surface area contributed by atoms with Gasteiger partial charge < -0.3 is 18.9 Å². The number of amides is 8. The van der Waals surface area contributed by atoms with Gasteiger partial charge in [-0.3, -0.25) is 58.0 Å². The second kappa shape index (κ2) is 25.9. The maximum atomic E-state index is 14.2. The Morgan fingerprint density at radius 3 is 0.871 bits per heavy atom. The molecular formula is C74H71Br3N4O12. The lowest BCUT2D eigenvalue weighted by molar-refractivity contribution is 0.0514. The highest BCUT2D eigenvalue weighted by Gasteiger charge is 2.44. The van der Waals surface area contributed by atoms with Crippen molar-refractivity contribution in [3.63, 3.8) is 0 Å². The average Bonchev–Trinajstić information content (AvgIpc) is 0.690. The van der Waals surface area contributed by atoms with Gasteiger partial charge in [0.15, 0.2) is 0 Å². The molecule has 4 aliphatic heterocycles. The minimum Gasteiger partial charge on any atom is -0.490 e. The molecule has 0 N–H and O–H groups in total.